The predicted molar refractivity (Wildman–Crippen MR) is 121 cm³/mol. The second kappa shape index (κ2) is 20.3. The minimum atomic E-state index is -0.620. The first kappa shape index (κ1) is 30.7. The predicted octanol–water partition coefficient (Wildman–Crippen LogP) is 2.57. The van der Waals surface area contributed by atoms with Gasteiger partial charge in [0, 0.05) is 6.61 Å². The molecule has 0 rings (SSSR count). The molecule has 0 bridgehead atoms. The number of hydrogen-bond acceptors (Lipinski definition) is 8. The van der Waals surface area contributed by atoms with Crippen LogP contribution in [0.5, 0.6) is 0 Å². The van der Waals surface area contributed by atoms with Gasteiger partial charge in [0.2, 0.25) is 0 Å². The van der Waals surface area contributed by atoms with Gasteiger partial charge < -0.3 is 38.6 Å². The molecule has 0 aliphatic rings. The van der Waals surface area contributed by atoms with Crippen LogP contribution in [0.15, 0.2) is 0 Å². The third-order valence-corrected chi connectivity index (χ3v) is 4.49. The summed E-state index contributed by atoms with van der Waals surface area (Å²) in [6.07, 6.45) is 2.19. The van der Waals surface area contributed by atoms with E-state index < -0.39 is 6.10 Å². The molecule has 0 aromatic rings. The number of rotatable bonds is 22. The Morgan fingerprint density at radius 3 is 1.42 bits per heavy atom. The second-order valence-electron chi connectivity index (χ2n) is 8.34. The summed E-state index contributed by atoms with van der Waals surface area (Å²) in [4.78, 5) is 0. The minimum absolute atomic E-state index is 0.00189. The molecule has 0 saturated heterocycles. The monoisotopic (exact) mass is 452 g/mol. The highest BCUT2D eigenvalue weighted by Gasteiger charge is 2.13. The van der Waals surface area contributed by atoms with Crippen LogP contribution in [0.4, 0.5) is 0 Å². The lowest BCUT2D eigenvalue weighted by molar-refractivity contribution is -0.103. The maximum absolute atomic E-state index is 9.90. The molecule has 0 aliphatic heterocycles. The Hall–Kier alpha value is -0.320. The highest BCUT2D eigenvalue weighted by atomic mass is 16.6. The Morgan fingerprint density at radius 2 is 1.00 bits per heavy atom. The molecule has 6 atom stereocenters. The molecule has 0 saturated carbocycles. The molecule has 0 aromatic carbocycles. The summed E-state index contributed by atoms with van der Waals surface area (Å²) >= 11 is 0. The third kappa shape index (κ3) is 20.0. The fourth-order valence-corrected chi connectivity index (χ4v) is 2.44. The van der Waals surface area contributed by atoms with Crippen molar-refractivity contribution in [1.29, 1.82) is 0 Å². The van der Waals surface area contributed by atoms with E-state index in [1.54, 1.807) is 0 Å². The number of unbranched alkanes of at least 4 members (excludes halogenated alkanes) is 2. The van der Waals surface area contributed by atoms with Crippen LogP contribution in [0, 0.1) is 0 Å². The van der Waals surface area contributed by atoms with Crippen molar-refractivity contribution in [1.82, 2.24) is 0 Å². The van der Waals surface area contributed by atoms with Crippen LogP contribution < -0.4 is 0 Å². The zero-order valence-corrected chi connectivity index (χ0v) is 20.6. The summed E-state index contributed by atoms with van der Waals surface area (Å²) in [5.74, 6) is 0. The van der Waals surface area contributed by atoms with Crippen molar-refractivity contribution in [3.05, 3.63) is 0 Å². The van der Waals surface area contributed by atoms with E-state index in [2.05, 4.69) is 6.92 Å². The minimum Gasteiger partial charge on any atom is -0.394 e. The van der Waals surface area contributed by atoms with Crippen molar-refractivity contribution in [2.75, 3.05) is 52.9 Å². The van der Waals surface area contributed by atoms with Crippen LogP contribution >= 0.6 is 0 Å². The van der Waals surface area contributed by atoms with E-state index in [0.717, 1.165) is 19.3 Å². The first-order valence-electron chi connectivity index (χ1n) is 11.7. The van der Waals surface area contributed by atoms with Crippen molar-refractivity contribution in [2.24, 2.45) is 0 Å². The molecule has 8 nitrogen and oxygen atoms in total. The summed E-state index contributed by atoms with van der Waals surface area (Å²) in [5, 5.41) is 18.9. The lowest BCUT2D eigenvalue weighted by Crippen LogP contribution is -2.30. The van der Waals surface area contributed by atoms with Crippen LogP contribution in [-0.2, 0) is 28.4 Å². The van der Waals surface area contributed by atoms with Crippen molar-refractivity contribution in [3.63, 3.8) is 0 Å². The van der Waals surface area contributed by atoms with E-state index in [1.165, 1.54) is 0 Å². The quantitative estimate of drug-likeness (QED) is 0.242. The first-order chi connectivity index (χ1) is 14.8. The third-order valence-electron chi connectivity index (χ3n) is 4.49. The maximum Gasteiger partial charge on any atom is 0.101 e. The summed E-state index contributed by atoms with van der Waals surface area (Å²) < 4.78 is 33.8. The molecule has 2 N–H and O–H groups in total. The Labute approximate surface area is 189 Å². The van der Waals surface area contributed by atoms with E-state index in [4.69, 9.17) is 33.5 Å². The molecule has 0 radical (unpaired) electrons. The Morgan fingerprint density at radius 1 is 0.581 bits per heavy atom. The van der Waals surface area contributed by atoms with E-state index in [9.17, 15) is 5.11 Å². The highest BCUT2D eigenvalue weighted by Crippen LogP contribution is 2.04. The molecule has 8 heteroatoms. The van der Waals surface area contributed by atoms with Gasteiger partial charge in [0.1, 0.15) is 6.10 Å². The fourth-order valence-electron chi connectivity index (χ4n) is 2.44. The SMILES string of the molecule is CCCCCOCC(O)COC(C)COC(C)COC(C)COC(C)COC(C)CO. The number of hydrogen-bond donors (Lipinski definition) is 2. The molecular formula is C23H48O8. The summed E-state index contributed by atoms with van der Waals surface area (Å²) in [6.45, 7) is 14.7. The second-order valence-corrected chi connectivity index (χ2v) is 8.34. The van der Waals surface area contributed by atoms with Crippen LogP contribution in [0.1, 0.15) is 60.8 Å². The molecule has 0 aromatic heterocycles. The molecule has 0 aliphatic carbocycles. The van der Waals surface area contributed by atoms with Gasteiger partial charge in [-0.05, 0) is 41.0 Å². The molecular weight excluding hydrogens is 404 g/mol. The van der Waals surface area contributed by atoms with Crippen molar-refractivity contribution < 1.29 is 38.6 Å². The standard InChI is InChI=1S/C23H48O8/c1-7-8-9-10-26-16-23(25)17-31-22(6)15-30-21(5)14-29-20(4)13-28-19(3)12-27-18(2)11-24/h18-25H,7-17H2,1-6H3. The zero-order valence-electron chi connectivity index (χ0n) is 20.6. The topological polar surface area (TPSA) is 95.8 Å². The van der Waals surface area contributed by atoms with Crippen molar-refractivity contribution in [3.8, 4) is 0 Å². The van der Waals surface area contributed by atoms with Crippen LogP contribution in [0.25, 0.3) is 0 Å². The van der Waals surface area contributed by atoms with Crippen molar-refractivity contribution in [2.45, 2.75) is 97.4 Å². The summed E-state index contributed by atoms with van der Waals surface area (Å²) in [5.41, 5.74) is 0. The normalized spacial score (nSPS) is 17.8. The molecule has 0 heterocycles. The average Bonchev–Trinajstić information content (AvgIpc) is 2.76. The molecule has 188 valence electrons. The molecule has 31 heavy (non-hydrogen) atoms. The smallest absolute Gasteiger partial charge is 0.101 e. The first-order valence-corrected chi connectivity index (χ1v) is 11.7. The van der Waals surface area contributed by atoms with Crippen LogP contribution in [0.2, 0.25) is 0 Å². The van der Waals surface area contributed by atoms with Gasteiger partial charge >= 0.3 is 0 Å². The van der Waals surface area contributed by atoms with Gasteiger partial charge in [-0.15, -0.1) is 0 Å². The number of aliphatic hydroxyl groups is 2. The maximum atomic E-state index is 9.90. The largest absolute Gasteiger partial charge is 0.394 e. The molecule has 6 unspecified atom stereocenters. The van der Waals surface area contributed by atoms with Crippen LogP contribution in [0.3, 0.4) is 0 Å². The summed E-state index contributed by atoms with van der Waals surface area (Å²) in [6, 6.07) is 0. The summed E-state index contributed by atoms with van der Waals surface area (Å²) in [7, 11) is 0. The molecule has 0 spiro atoms. The molecule has 0 fully saturated rings. The lowest BCUT2D eigenvalue weighted by atomic mass is 10.3. The van der Waals surface area contributed by atoms with E-state index in [-0.39, 0.29) is 43.7 Å². The fraction of sp³-hybridized carbons (Fsp3) is 1.00. The van der Waals surface area contributed by atoms with Gasteiger partial charge in [0.15, 0.2) is 0 Å². The van der Waals surface area contributed by atoms with Gasteiger partial charge in [0.05, 0.1) is 76.8 Å². The highest BCUT2D eigenvalue weighted by molar-refractivity contribution is 4.59. The van der Waals surface area contributed by atoms with Gasteiger partial charge in [-0.3, -0.25) is 0 Å². The van der Waals surface area contributed by atoms with Gasteiger partial charge in [-0.1, -0.05) is 19.8 Å². The van der Waals surface area contributed by atoms with E-state index >= 15 is 0 Å². The molecule has 0 amide bonds. The Balaban J connectivity index is 3.72. The lowest BCUT2D eigenvalue weighted by Gasteiger charge is -2.22. The number of aliphatic hydroxyl groups excluding tert-OH is 2. The average molecular weight is 453 g/mol. The van der Waals surface area contributed by atoms with Crippen molar-refractivity contribution >= 4 is 0 Å². The Kier molecular flexibility index (Phi) is 20.1. The van der Waals surface area contributed by atoms with Gasteiger partial charge in [-0.2, -0.15) is 0 Å². The number of ether oxygens (including phenoxy) is 6. The van der Waals surface area contributed by atoms with Crippen LogP contribution in [-0.4, -0.2) is 99.7 Å². The van der Waals surface area contributed by atoms with Gasteiger partial charge in [0.25, 0.3) is 0 Å². The van der Waals surface area contributed by atoms with Gasteiger partial charge in [-0.25, -0.2) is 0 Å². The Bertz CT molecular complexity index is 385. The zero-order chi connectivity index (χ0) is 23.5. The van der Waals surface area contributed by atoms with E-state index in [1.807, 2.05) is 34.6 Å². The van der Waals surface area contributed by atoms with E-state index in [0.29, 0.717) is 39.6 Å².